The lowest BCUT2D eigenvalue weighted by Gasteiger charge is -2.15. The topological polar surface area (TPSA) is 102 Å². The lowest BCUT2D eigenvalue weighted by Crippen LogP contribution is -2.27. The maximum absolute atomic E-state index is 11.0. The fourth-order valence-electron chi connectivity index (χ4n) is 1.69. The quantitative estimate of drug-likeness (QED) is 0.592. The molecule has 1 rings (SSSR count). The number of anilines is 1. The van der Waals surface area contributed by atoms with E-state index in [1.165, 1.54) is 16.6 Å². The predicted octanol–water partition coefficient (Wildman–Crippen LogP) is 0.412. The molecule has 0 spiro atoms. The molecule has 0 aliphatic rings. The van der Waals surface area contributed by atoms with E-state index < -0.39 is 10.9 Å². The zero-order valence-electron chi connectivity index (χ0n) is 9.88. The van der Waals surface area contributed by atoms with Gasteiger partial charge in [-0.25, -0.2) is 4.68 Å². The van der Waals surface area contributed by atoms with Gasteiger partial charge in [0.05, 0.1) is 4.92 Å². The lowest BCUT2D eigenvalue weighted by atomic mass is 10.3. The molecule has 17 heavy (non-hydrogen) atoms. The van der Waals surface area contributed by atoms with Crippen LogP contribution in [0.4, 0.5) is 11.5 Å². The Balaban J connectivity index is 3.26. The first-order valence-electron chi connectivity index (χ1n) is 5.01. The highest BCUT2D eigenvalue weighted by molar-refractivity contribution is 5.75. The third-order valence-corrected chi connectivity index (χ3v) is 2.31. The Kier molecular flexibility index (Phi) is 3.66. The van der Waals surface area contributed by atoms with Gasteiger partial charge in [-0.15, -0.1) is 0 Å². The summed E-state index contributed by atoms with van der Waals surface area (Å²) in [7, 11) is 3.04. The summed E-state index contributed by atoms with van der Waals surface area (Å²) in [6.07, 6.45) is 0.422. The Hall–Kier alpha value is -2.12. The molecule has 0 saturated heterocycles. The third kappa shape index (κ3) is 2.52. The summed E-state index contributed by atoms with van der Waals surface area (Å²) in [5.41, 5.74) is 0.225. The summed E-state index contributed by atoms with van der Waals surface area (Å²) >= 11 is 0. The van der Waals surface area contributed by atoms with E-state index in [-0.39, 0.29) is 18.1 Å². The molecular formula is C9H14N4O4. The SMILES string of the molecule is CCc1nn(C)c(N(C)CC(=O)O)c1[N+](=O)[O-]. The molecule has 8 nitrogen and oxygen atoms in total. The van der Waals surface area contributed by atoms with Gasteiger partial charge in [-0.1, -0.05) is 6.92 Å². The van der Waals surface area contributed by atoms with Crippen molar-refractivity contribution in [3.63, 3.8) is 0 Å². The molecule has 0 unspecified atom stereocenters. The van der Waals surface area contributed by atoms with Crippen molar-refractivity contribution in [1.82, 2.24) is 9.78 Å². The van der Waals surface area contributed by atoms with Crippen LogP contribution < -0.4 is 4.90 Å². The first kappa shape index (κ1) is 12.9. The predicted molar refractivity (Wildman–Crippen MR) is 60.1 cm³/mol. The summed E-state index contributed by atoms with van der Waals surface area (Å²) in [5, 5.41) is 23.7. The zero-order chi connectivity index (χ0) is 13.2. The number of nitrogens with zero attached hydrogens (tertiary/aromatic N) is 4. The van der Waals surface area contributed by atoms with Crippen LogP contribution in [0.15, 0.2) is 0 Å². The number of nitro groups is 1. The second-order valence-electron chi connectivity index (χ2n) is 3.60. The van der Waals surface area contributed by atoms with E-state index in [4.69, 9.17) is 5.11 Å². The Morgan fingerprint density at radius 2 is 2.24 bits per heavy atom. The lowest BCUT2D eigenvalue weighted by molar-refractivity contribution is -0.384. The van der Waals surface area contributed by atoms with Crippen molar-refractivity contribution in [2.75, 3.05) is 18.5 Å². The van der Waals surface area contributed by atoms with Gasteiger partial charge in [0.25, 0.3) is 0 Å². The first-order valence-corrected chi connectivity index (χ1v) is 5.01. The zero-order valence-corrected chi connectivity index (χ0v) is 9.88. The summed E-state index contributed by atoms with van der Waals surface area (Å²) in [4.78, 5) is 22.4. The molecule has 0 radical (unpaired) electrons. The van der Waals surface area contributed by atoms with E-state index in [1.807, 2.05) is 0 Å². The number of likely N-dealkylation sites (N-methyl/N-ethyl adjacent to an activating group) is 1. The molecule has 0 aromatic carbocycles. The molecule has 1 heterocycles. The van der Waals surface area contributed by atoms with Crippen molar-refractivity contribution in [2.45, 2.75) is 13.3 Å². The van der Waals surface area contributed by atoms with Crippen molar-refractivity contribution in [3.05, 3.63) is 15.8 Å². The van der Waals surface area contributed by atoms with E-state index in [9.17, 15) is 14.9 Å². The van der Waals surface area contributed by atoms with E-state index in [0.29, 0.717) is 12.1 Å². The fourth-order valence-corrected chi connectivity index (χ4v) is 1.69. The molecule has 0 aliphatic heterocycles. The van der Waals surface area contributed by atoms with Gasteiger partial charge in [0, 0.05) is 14.1 Å². The Morgan fingerprint density at radius 3 is 2.65 bits per heavy atom. The average Bonchev–Trinajstić information content (AvgIpc) is 2.54. The molecular weight excluding hydrogens is 228 g/mol. The molecule has 0 atom stereocenters. The van der Waals surface area contributed by atoms with Gasteiger partial charge in [0.2, 0.25) is 5.82 Å². The summed E-state index contributed by atoms with van der Waals surface area (Å²) in [5.74, 6) is -0.852. The Morgan fingerprint density at radius 1 is 1.65 bits per heavy atom. The van der Waals surface area contributed by atoms with Crippen molar-refractivity contribution >= 4 is 17.5 Å². The fraction of sp³-hybridized carbons (Fsp3) is 0.556. The summed E-state index contributed by atoms with van der Waals surface area (Å²) < 4.78 is 1.33. The molecule has 1 aromatic heterocycles. The highest BCUT2D eigenvalue weighted by Gasteiger charge is 2.28. The second-order valence-corrected chi connectivity index (χ2v) is 3.60. The van der Waals surface area contributed by atoms with E-state index >= 15 is 0 Å². The number of hydrogen-bond donors (Lipinski definition) is 1. The first-order chi connectivity index (χ1) is 7.88. The second kappa shape index (κ2) is 4.81. The largest absolute Gasteiger partial charge is 0.480 e. The number of rotatable bonds is 5. The van der Waals surface area contributed by atoms with Crippen LogP contribution in [-0.2, 0) is 18.3 Å². The molecule has 1 aromatic rings. The van der Waals surface area contributed by atoms with E-state index in [2.05, 4.69) is 5.10 Å². The van der Waals surface area contributed by atoms with Crippen molar-refractivity contribution < 1.29 is 14.8 Å². The molecule has 0 aliphatic carbocycles. The number of carboxylic acid groups (broad SMARTS) is 1. The average molecular weight is 242 g/mol. The van der Waals surface area contributed by atoms with Crippen molar-refractivity contribution in [2.24, 2.45) is 7.05 Å². The minimum Gasteiger partial charge on any atom is -0.480 e. The maximum Gasteiger partial charge on any atom is 0.334 e. The van der Waals surface area contributed by atoms with Crippen LogP contribution in [0.1, 0.15) is 12.6 Å². The highest BCUT2D eigenvalue weighted by Crippen LogP contribution is 2.30. The number of aliphatic carboxylic acids is 1. The van der Waals surface area contributed by atoms with Crippen LogP contribution >= 0.6 is 0 Å². The van der Waals surface area contributed by atoms with Gasteiger partial charge >= 0.3 is 11.7 Å². The standard InChI is InChI=1S/C9H14N4O4/c1-4-6-8(13(16)17)9(12(3)10-6)11(2)5-7(14)15/h4-5H2,1-3H3,(H,14,15). The Bertz CT molecular complexity index is 454. The van der Waals surface area contributed by atoms with E-state index in [0.717, 1.165) is 0 Å². The van der Waals surface area contributed by atoms with Crippen LogP contribution in [0, 0.1) is 10.1 Å². The number of aryl methyl sites for hydroxylation is 2. The smallest absolute Gasteiger partial charge is 0.334 e. The minimum absolute atomic E-state index is 0.126. The molecule has 1 N–H and O–H groups in total. The molecule has 0 amide bonds. The number of carbonyl (C=O) groups is 1. The van der Waals surface area contributed by atoms with Crippen LogP contribution in [0.3, 0.4) is 0 Å². The van der Waals surface area contributed by atoms with Crippen molar-refractivity contribution in [3.8, 4) is 0 Å². The third-order valence-electron chi connectivity index (χ3n) is 2.31. The maximum atomic E-state index is 11.0. The summed E-state index contributed by atoms with van der Waals surface area (Å²) in [6, 6.07) is 0. The van der Waals surface area contributed by atoms with Crippen molar-refractivity contribution in [1.29, 1.82) is 0 Å². The van der Waals surface area contributed by atoms with Gasteiger partial charge in [-0.2, -0.15) is 5.10 Å². The molecule has 8 heteroatoms. The minimum atomic E-state index is -1.05. The van der Waals surface area contributed by atoms with Gasteiger partial charge in [0.15, 0.2) is 0 Å². The Labute approximate surface area is 97.6 Å². The van der Waals surface area contributed by atoms with Crippen LogP contribution in [-0.4, -0.2) is 39.4 Å². The van der Waals surface area contributed by atoms with Crippen LogP contribution in [0.5, 0.6) is 0 Å². The molecule has 0 saturated carbocycles. The number of aromatic nitrogens is 2. The highest BCUT2D eigenvalue weighted by atomic mass is 16.6. The monoisotopic (exact) mass is 242 g/mol. The van der Waals surface area contributed by atoms with Gasteiger partial charge < -0.3 is 10.0 Å². The summed E-state index contributed by atoms with van der Waals surface area (Å²) in [6.45, 7) is 1.44. The van der Waals surface area contributed by atoms with Gasteiger partial charge in [-0.05, 0) is 6.42 Å². The van der Waals surface area contributed by atoms with E-state index in [1.54, 1.807) is 14.0 Å². The molecule has 0 fully saturated rings. The molecule has 0 bridgehead atoms. The normalized spacial score (nSPS) is 10.3. The molecule has 94 valence electrons. The van der Waals surface area contributed by atoms with Gasteiger partial charge in [-0.3, -0.25) is 14.9 Å². The van der Waals surface area contributed by atoms with Crippen LogP contribution in [0.2, 0.25) is 0 Å². The number of hydrogen-bond acceptors (Lipinski definition) is 5. The van der Waals surface area contributed by atoms with Gasteiger partial charge in [0.1, 0.15) is 12.2 Å². The number of carboxylic acids is 1. The van der Waals surface area contributed by atoms with Crippen LogP contribution in [0.25, 0.3) is 0 Å².